The summed E-state index contributed by atoms with van der Waals surface area (Å²) in [6, 6.07) is 4.93. The second-order valence-electron chi connectivity index (χ2n) is 3.74. The number of hydrogen-bond donors (Lipinski definition) is 1. The van der Waals surface area contributed by atoms with Gasteiger partial charge in [0.25, 0.3) is 5.91 Å². The Labute approximate surface area is 110 Å². The van der Waals surface area contributed by atoms with E-state index in [1.54, 1.807) is 18.2 Å². The topological polar surface area (TPSA) is 57.6 Å². The minimum Gasteiger partial charge on any atom is -0.480 e. The first kappa shape index (κ1) is 14.1. The normalized spacial score (nSPS) is 9.61. The minimum absolute atomic E-state index is 0.0741. The van der Waals surface area contributed by atoms with E-state index in [-0.39, 0.29) is 17.1 Å². The average molecular weight is 266 g/mol. The fraction of sp³-hybridized carbons (Fsp3) is 0.231. The maximum absolute atomic E-state index is 12.1. The number of carbonyl (C=O) groups excluding carboxylic acids is 1. The van der Waals surface area contributed by atoms with Gasteiger partial charge in [-0.25, -0.2) is 0 Å². The van der Waals surface area contributed by atoms with Crippen LogP contribution in [0.5, 0.6) is 0 Å². The van der Waals surface area contributed by atoms with Crippen LogP contribution in [-0.2, 0) is 4.79 Å². The van der Waals surface area contributed by atoms with Gasteiger partial charge < -0.3 is 10.0 Å². The Morgan fingerprint density at radius 1 is 1.50 bits per heavy atom. The fourth-order valence-electron chi connectivity index (χ4n) is 1.44. The highest BCUT2D eigenvalue weighted by Crippen LogP contribution is 2.19. The Kier molecular flexibility index (Phi) is 4.75. The number of aryl methyl sites for hydroxylation is 1. The molecular formula is C13H12ClNO3. The summed E-state index contributed by atoms with van der Waals surface area (Å²) in [5, 5.41) is 9.01. The third-order valence-corrected chi connectivity index (χ3v) is 2.56. The van der Waals surface area contributed by atoms with Crippen LogP contribution in [-0.4, -0.2) is 35.0 Å². The van der Waals surface area contributed by atoms with Crippen LogP contribution in [0.15, 0.2) is 18.2 Å². The van der Waals surface area contributed by atoms with Gasteiger partial charge in [-0.15, -0.1) is 6.42 Å². The Balaban J connectivity index is 3.02. The first-order valence-corrected chi connectivity index (χ1v) is 5.54. The molecule has 1 rings (SSSR count). The number of carbonyl (C=O) groups is 2. The van der Waals surface area contributed by atoms with Crippen molar-refractivity contribution in [3.8, 4) is 12.3 Å². The smallest absolute Gasteiger partial charge is 0.323 e. The van der Waals surface area contributed by atoms with Crippen LogP contribution < -0.4 is 0 Å². The van der Waals surface area contributed by atoms with Crippen LogP contribution in [0.4, 0.5) is 0 Å². The van der Waals surface area contributed by atoms with Crippen molar-refractivity contribution >= 4 is 23.5 Å². The second-order valence-corrected chi connectivity index (χ2v) is 4.15. The molecule has 0 saturated carbocycles. The zero-order chi connectivity index (χ0) is 13.7. The lowest BCUT2D eigenvalue weighted by atomic mass is 10.1. The number of rotatable bonds is 4. The van der Waals surface area contributed by atoms with Gasteiger partial charge in [-0.05, 0) is 24.6 Å². The van der Waals surface area contributed by atoms with Crippen molar-refractivity contribution in [2.75, 3.05) is 13.1 Å². The van der Waals surface area contributed by atoms with Gasteiger partial charge in [-0.2, -0.15) is 0 Å². The van der Waals surface area contributed by atoms with Gasteiger partial charge in [0.15, 0.2) is 0 Å². The molecule has 0 atom stereocenters. The van der Waals surface area contributed by atoms with Gasteiger partial charge in [-0.3, -0.25) is 9.59 Å². The Bertz CT molecular complexity index is 519. The molecule has 0 heterocycles. The van der Waals surface area contributed by atoms with E-state index in [0.29, 0.717) is 0 Å². The zero-order valence-electron chi connectivity index (χ0n) is 9.81. The van der Waals surface area contributed by atoms with E-state index in [1.807, 2.05) is 6.92 Å². The number of nitrogens with zero attached hydrogens (tertiary/aromatic N) is 1. The molecule has 0 aromatic heterocycles. The molecule has 1 aromatic rings. The lowest BCUT2D eigenvalue weighted by Gasteiger charge is -2.18. The predicted molar refractivity (Wildman–Crippen MR) is 68.6 cm³/mol. The van der Waals surface area contributed by atoms with E-state index in [9.17, 15) is 9.59 Å². The minimum atomic E-state index is -1.12. The van der Waals surface area contributed by atoms with Crippen LogP contribution in [0.2, 0.25) is 5.02 Å². The Morgan fingerprint density at radius 2 is 2.17 bits per heavy atom. The maximum Gasteiger partial charge on any atom is 0.323 e. The molecular weight excluding hydrogens is 254 g/mol. The van der Waals surface area contributed by atoms with Crippen molar-refractivity contribution in [2.45, 2.75) is 6.92 Å². The van der Waals surface area contributed by atoms with Crippen molar-refractivity contribution in [3.63, 3.8) is 0 Å². The number of halogens is 1. The molecule has 4 nitrogen and oxygen atoms in total. The van der Waals surface area contributed by atoms with Gasteiger partial charge >= 0.3 is 5.97 Å². The largest absolute Gasteiger partial charge is 0.480 e. The molecule has 0 saturated heterocycles. The van der Waals surface area contributed by atoms with Crippen molar-refractivity contribution < 1.29 is 14.7 Å². The van der Waals surface area contributed by atoms with Gasteiger partial charge in [-0.1, -0.05) is 23.6 Å². The summed E-state index contributed by atoms with van der Waals surface area (Å²) in [7, 11) is 0. The number of amides is 1. The summed E-state index contributed by atoms with van der Waals surface area (Å²) < 4.78 is 0. The van der Waals surface area contributed by atoms with Crippen molar-refractivity contribution in [3.05, 3.63) is 34.3 Å². The highest BCUT2D eigenvalue weighted by molar-refractivity contribution is 6.33. The maximum atomic E-state index is 12.1. The third kappa shape index (κ3) is 3.51. The summed E-state index contributed by atoms with van der Waals surface area (Å²) in [6.07, 6.45) is 5.11. The van der Waals surface area contributed by atoms with E-state index >= 15 is 0 Å². The molecule has 18 heavy (non-hydrogen) atoms. The molecule has 5 heteroatoms. The summed E-state index contributed by atoms with van der Waals surface area (Å²) in [6.45, 7) is 1.32. The van der Waals surface area contributed by atoms with Crippen LogP contribution in [0.3, 0.4) is 0 Å². The fourth-order valence-corrected chi connectivity index (χ4v) is 1.75. The summed E-state index contributed by atoms with van der Waals surface area (Å²) in [4.78, 5) is 23.8. The third-order valence-electron chi connectivity index (χ3n) is 2.25. The van der Waals surface area contributed by atoms with Crippen LogP contribution in [0.25, 0.3) is 0 Å². The summed E-state index contributed by atoms with van der Waals surface area (Å²) in [5.74, 6) is 0.644. The molecule has 94 valence electrons. The molecule has 0 bridgehead atoms. The number of aliphatic carboxylic acids is 1. The highest BCUT2D eigenvalue weighted by Gasteiger charge is 2.19. The van der Waals surface area contributed by atoms with E-state index in [4.69, 9.17) is 23.1 Å². The van der Waals surface area contributed by atoms with Crippen molar-refractivity contribution in [2.24, 2.45) is 0 Å². The Morgan fingerprint density at radius 3 is 2.67 bits per heavy atom. The zero-order valence-corrected chi connectivity index (χ0v) is 10.6. The van der Waals surface area contributed by atoms with Crippen molar-refractivity contribution in [1.82, 2.24) is 4.90 Å². The quantitative estimate of drug-likeness (QED) is 0.845. The van der Waals surface area contributed by atoms with E-state index in [0.717, 1.165) is 10.5 Å². The second kappa shape index (κ2) is 6.08. The number of hydrogen-bond acceptors (Lipinski definition) is 2. The monoisotopic (exact) mass is 265 g/mol. The molecule has 1 N–H and O–H groups in total. The molecule has 0 aliphatic carbocycles. The lowest BCUT2D eigenvalue weighted by molar-refractivity contribution is -0.137. The number of carboxylic acids is 1. The molecule has 0 radical (unpaired) electrons. The van der Waals surface area contributed by atoms with E-state index < -0.39 is 18.4 Å². The highest BCUT2D eigenvalue weighted by atomic mass is 35.5. The summed E-state index contributed by atoms with van der Waals surface area (Å²) >= 11 is 5.96. The van der Waals surface area contributed by atoms with Gasteiger partial charge in [0, 0.05) is 0 Å². The first-order valence-electron chi connectivity index (χ1n) is 5.16. The SMILES string of the molecule is C#CCN(CC(=O)O)C(=O)c1ccc(C)cc1Cl. The van der Waals surface area contributed by atoms with Gasteiger partial charge in [0.2, 0.25) is 0 Å². The van der Waals surface area contributed by atoms with Crippen LogP contribution in [0.1, 0.15) is 15.9 Å². The number of benzene rings is 1. The molecule has 1 amide bonds. The van der Waals surface area contributed by atoms with Gasteiger partial charge in [0.05, 0.1) is 17.1 Å². The molecule has 1 aromatic carbocycles. The average Bonchev–Trinajstić information content (AvgIpc) is 2.27. The Hall–Kier alpha value is -1.99. The number of carboxylic acid groups (broad SMARTS) is 1. The van der Waals surface area contributed by atoms with Crippen LogP contribution in [0, 0.1) is 19.3 Å². The molecule has 0 fully saturated rings. The lowest BCUT2D eigenvalue weighted by Crippen LogP contribution is -2.36. The molecule has 0 aliphatic rings. The number of terminal acetylenes is 1. The summed E-state index contributed by atoms with van der Waals surface area (Å²) in [5.41, 5.74) is 1.16. The molecule has 0 spiro atoms. The first-order chi connectivity index (χ1) is 8.45. The standard InChI is InChI=1S/C13H12ClNO3/c1-3-6-15(8-12(16)17)13(18)10-5-4-9(2)7-11(10)14/h1,4-5,7H,6,8H2,2H3,(H,16,17). The van der Waals surface area contributed by atoms with E-state index in [2.05, 4.69) is 5.92 Å². The van der Waals surface area contributed by atoms with Crippen molar-refractivity contribution in [1.29, 1.82) is 0 Å². The predicted octanol–water partition coefficient (Wildman–Crippen LogP) is 1.81. The van der Waals surface area contributed by atoms with Crippen LogP contribution >= 0.6 is 11.6 Å². The molecule has 0 aliphatic heterocycles. The van der Waals surface area contributed by atoms with E-state index in [1.165, 1.54) is 0 Å². The molecule has 0 unspecified atom stereocenters. The van der Waals surface area contributed by atoms with Gasteiger partial charge in [0.1, 0.15) is 6.54 Å².